The predicted molar refractivity (Wildman–Crippen MR) is 143 cm³/mol. The molecule has 0 aromatic heterocycles. The number of carbonyl (C=O) groups excluding carboxylic acids is 1. The average Bonchev–Trinajstić information content (AvgIpc) is 2.88. The van der Waals surface area contributed by atoms with Crippen molar-refractivity contribution < 1.29 is 22.9 Å². The van der Waals surface area contributed by atoms with E-state index in [1.165, 1.54) is 6.07 Å². The van der Waals surface area contributed by atoms with E-state index in [2.05, 4.69) is 15.1 Å². The lowest BCUT2D eigenvalue weighted by atomic mass is 10.0. The second kappa shape index (κ2) is 12.7. The van der Waals surface area contributed by atoms with E-state index >= 15 is 0 Å². The van der Waals surface area contributed by atoms with Crippen molar-refractivity contribution in [1.29, 1.82) is 0 Å². The zero-order valence-electron chi connectivity index (χ0n) is 20.2. The van der Waals surface area contributed by atoms with Gasteiger partial charge in [-0.15, -0.1) is 0 Å². The summed E-state index contributed by atoms with van der Waals surface area (Å²) in [7, 11) is 0. The molecule has 0 aliphatic carbocycles. The molecule has 1 amide bonds. The van der Waals surface area contributed by atoms with Gasteiger partial charge in [0.05, 0.1) is 4.92 Å². The molecule has 208 valence electrons. The number of nitro benzene ring substituents is 1. The van der Waals surface area contributed by atoms with Gasteiger partial charge < -0.3 is 15.1 Å². The lowest BCUT2D eigenvalue weighted by Crippen LogP contribution is -2.48. The highest BCUT2D eigenvalue weighted by Crippen LogP contribution is 2.38. The van der Waals surface area contributed by atoms with Crippen molar-refractivity contribution in [2.75, 3.05) is 55.6 Å². The van der Waals surface area contributed by atoms with Gasteiger partial charge in [0.15, 0.2) is 0 Å². The van der Waals surface area contributed by atoms with Gasteiger partial charge in [0.2, 0.25) is 5.91 Å². The van der Waals surface area contributed by atoms with Crippen LogP contribution >= 0.6 is 11.6 Å². The Bertz CT molecular complexity index is 1100. The molecule has 2 saturated heterocycles. The van der Waals surface area contributed by atoms with Crippen molar-refractivity contribution in [1.82, 2.24) is 10.2 Å². The number of nitro groups is 1. The Morgan fingerprint density at radius 2 is 1.55 bits per heavy atom. The number of rotatable bonds is 7. The summed E-state index contributed by atoms with van der Waals surface area (Å²) < 4.78 is 39.9. The standard InChI is InChI=1S/C25H29ClF3N5O3.CH4/c26-18-1-3-20(4-2-18)33-15-13-31(14-16-33)10-9-24(35)30-19-7-11-32(12-8-19)21-5-6-23(34(36)37)22(17-21)25(27,28)29;/h1-6,17,19H,7-16H2,(H,30,35);1H4. The maximum atomic E-state index is 13.3. The van der Waals surface area contributed by atoms with Gasteiger partial charge >= 0.3 is 6.18 Å². The minimum Gasteiger partial charge on any atom is -0.371 e. The first-order chi connectivity index (χ1) is 17.6. The summed E-state index contributed by atoms with van der Waals surface area (Å²) in [6.07, 6.45) is -3.25. The smallest absolute Gasteiger partial charge is 0.371 e. The molecule has 0 spiro atoms. The number of hydrogen-bond acceptors (Lipinski definition) is 6. The van der Waals surface area contributed by atoms with Crippen molar-refractivity contribution in [2.24, 2.45) is 0 Å². The van der Waals surface area contributed by atoms with Gasteiger partial charge in [-0.2, -0.15) is 13.2 Å². The number of amides is 1. The van der Waals surface area contributed by atoms with Gasteiger partial charge in [-0.1, -0.05) is 19.0 Å². The number of halogens is 4. The molecule has 0 bridgehead atoms. The summed E-state index contributed by atoms with van der Waals surface area (Å²) in [6.45, 7) is 5.05. The lowest BCUT2D eigenvalue weighted by Gasteiger charge is -2.36. The van der Waals surface area contributed by atoms with E-state index in [-0.39, 0.29) is 19.4 Å². The molecule has 1 N–H and O–H groups in total. The molecule has 2 aromatic carbocycles. The van der Waals surface area contributed by atoms with E-state index in [9.17, 15) is 28.1 Å². The highest BCUT2D eigenvalue weighted by atomic mass is 35.5. The number of piperazine rings is 1. The monoisotopic (exact) mass is 555 g/mol. The fraction of sp³-hybridized carbons (Fsp3) is 0.500. The van der Waals surface area contributed by atoms with Crippen LogP contribution < -0.4 is 15.1 Å². The maximum Gasteiger partial charge on any atom is 0.423 e. The minimum absolute atomic E-state index is 0. The Hall–Kier alpha value is -3.05. The van der Waals surface area contributed by atoms with Crippen molar-refractivity contribution in [3.8, 4) is 0 Å². The molecule has 4 rings (SSSR count). The molecule has 2 fully saturated rings. The number of hydrogen-bond donors (Lipinski definition) is 1. The van der Waals surface area contributed by atoms with Gasteiger partial charge in [-0.25, -0.2) is 0 Å². The Balaban J connectivity index is 0.00000400. The topological polar surface area (TPSA) is 82.0 Å². The Morgan fingerprint density at radius 1 is 0.974 bits per heavy atom. The Kier molecular flexibility index (Phi) is 9.83. The Morgan fingerprint density at radius 3 is 2.13 bits per heavy atom. The highest BCUT2D eigenvalue weighted by molar-refractivity contribution is 6.30. The first-order valence-electron chi connectivity index (χ1n) is 12.2. The molecule has 0 radical (unpaired) electrons. The van der Waals surface area contributed by atoms with Crippen LogP contribution in [0, 0.1) is 10.1 Å². The molecule has 12 heteroatoms. The van der Waals surface area contributed by atoms with Crippen LogP contribution in [-0.2, 0) is 11.0 Å². The highest BCUT2D eigenvalue weighted by Gasteiger charge is 2.39. The van der Waals surface area contributed by atoms with Crippen LogP contribution in [0.5, 0.6) is 0 Å². The number of alkyl halides is 3. The molecular weight excluding hydrogens is 523 g/mol. The van der Waals surface area contributed by atoms with Crippen LogP contribution in [-0.4, -0.2) is 67.6 Å². The summed E-state index contributed by atoms with van der Waals surface area (Å²) in [5, 5.41) is 14.7. The van der Waals surface area contributed by atoms with Gasteiger partial charge in [0, 0.05) is 80.7 Å². The van der Waals surface area contributed by atoms with E-state index < -0.39 is 22.4 Å². The summed E-state index contributed by atoms with van der Waals surface area (Å²) in [5.74, 6) is -0.0340. The van der Waals surface area contributed by atoms with Gasteiger partial charge in [0.1, 0.15) is 5.56 Å². The van der Waals surface area contributed by atoms with Crippen LogP contribution in [0.1, 0.15) is 32.3 Å². The van der Waals surface area contributed by atoms with Crippen molar-refractivity contribution in [3.63, 3.8) is 0 Å². The SMILES string of the molecule is C.O=C(CCN1CCN(c2ccc(Cl)cc2)CC1)NC1CCN(c2ccc([N+](=O)[O-])c(C(F)(F)F)c2)CC1. The molecule has 0 unspecified atom stereocenters. The van der Waals surface area contributed by atoms with E-state index in [1.807, 2.05) is 24.3 Å². The number of nitrogens with zero attached hydrogens (tertiary/aromatic N) is 4. The van der Waals surface area contributed by atoms with Gasteiger partial charge in [0.25, 0.3) is 5.69 Å². The van der Waals surface area contributed by atoms with E-state index in [1.54, 1.807) is 4.90 Å². The Labute approximate surface area is 225 Å². The number of carbonyl (C=O) groups is 1. The quantitative estimate of drug-likeness (QED) is 0.373. The van der Waals surface area contributed by atoms with Crippen LogP contribution in [0.2, 0.25) is 5.02 Å². The molecule has 38 heavy (non-hydrogen) atoms. The van der Waals surface area contributed by atoms with Crippen LogP contribution in [0.15, 0.2) is 42.5 Å². The van der Waals surface area contributed by atoms with Crippen LogP contribution in [0.3, 0.4) is 0 Å². The largest absolute Gasteiger partial charge is 0.423 e. The molecule has 2 aromatic rings. The van der Waals surface area contributed by atoms with Crippen molar-refractivity contribution >= 4 is 34.6 Å². The summed E-state index contributed by atoms with van der Waals surface area (Å²) >= 11 is 5.96. The van der Waals surface area contributed by atoms with Crippen molar-refractivity contribution in [3.05, 3.63) is 63.2 Å². The summed E-state index contributed by atoms with van der Waals surface area (Å²) in [4.78, 5) is 28.8. The number of benzene rings is 2. The zero-order chi connectivity index (χ0) is 26.6. The second-order valence-corrected chi connectivity index (χ2v) is 9.78. The lowest BCUT2D eigenvalue weighted by molar-refractivity contribution is -0.388. The normalized spacial score (nSPS) is 17.2. The fourth-order valence-electron chi connectivity index (χ4n) is 4.83. The van der Waals surface area contributed by atoms with Gasteiger partial charge in [-0.3, -0.25) is 19.8 Å². The first kappa shape index (κ1) is 29.5. The average molecular weight is 556 g/mol. The maximum absolute atomic E-state index is 13.3. The fourth-order valence-corrected chi connectivity index (χ4v) is 4.96. The van der Waals surface area contributed by atoms with Crippen LogP contribution in [0.25, 0.3) is 0 Å². The molecule has 0 atom stereocenters. The number of piperidine rings is 1. The summed E-state index contributed by atoms with van der Waals surface area (Å²) in [5.41, 5.74) is -0.777. The predicted octanol–water partition coefficient (Wildman–Crippen LogP) is 5.20. The molecule has 2 aliphatic heterocycles. The first-order valence-corrected chi connectivity index (χ1v) is 12.6. The zero-order valence-corrected chi connectivity index (χ0v) is 21.0. The summed E-state index contributed by atoms with van der Waals surface area (Å²) in [6, 6.07) is 10.8. The third-order valence-corrected chi connectivity index (χ3v) is 7.18. The third kappa shape index (κ3) is 7.50. The van der Waals surface area contributed by atoms with Crippen LogP contribution in [0.4, 0.5) is 30.2 Å². The molecule has 2 aliphatic rings. The molecule has 0 saturated carbocycles. The van der Waals surface area contributed by atoms with E-state index in [4.69, 9.17) is 11.6 Å². The molecule has 8 nitrogen and oxygen atoms in total. The molecular formula is C26H33ClF3N5O3. The molecule has 2 heterocycles. The van der Waals surface area contributed by atoms with E-state index in [0.29, 0.717) is 49.6 Å². The van der Waals surface area contributed by atoms with E-state index in [0.717, 1.165) is 44.0 Å². The van der Waals surface area contributed by atoms with Crippen molar-refractivity contribution in [2.45, 2.75) is 38.9 Å². The number of anilines is 2. The van der Waals surface area contributed by atoms with Gasteiger partial charge in [-0.05, 0) is 49.2 Å². The minimum atomic E-state index is -4.81. The third-order valence-electron chi connectivity index (χ3n) is 6.93. The second-order valence-electron chi connectivity index (χ2n) is 9.34. The number of nitrogens with one attached hydrogen (secondary N) is 1.